The molecule has 20 heavy (non-hydrogen) atoms. The molecule has 1 saturated heterocycles. The van der Waals surface area contributed by atoms with Crippen LogP contribution in [0.2, 0.25) is 0 Å². The lowest BCUT2D eigenvalue weighted by molar-refractivity contribution is 0.0951. The van der Waals surface area contributed by atoms with Crippen LogP contribution in [0, 0.1) is 0 Å². The van der Waals surface area contributed by atoms with E-state index in [1.165, 1.54) is 12.8 Å². The SMILES string of the molecule is CCNC(=O)c1ccc(N)cc1OCCN1CCCC1. The van der Waals surface area contributed by atoms with Crippen molar-refractivity contribution in [1.82, 2.24) is 10.2 Å². The van der Waals surface area contributed by atoms with Gasteiger partial charge in [-0.25, -0.2) is 0 Å². The van der Waals surface area contributed by atoms with Crippen molar-refractivity contribution in [2.75, 3.05) is 38.5 Å². The van der Waals surface area contributed by atoms with E-state index in [1.54, 1.807) is 18.2 Å². The van der Waals surface area contributed by atoms with Gasteiger partial charge in [-0.05, 0) is 45.0 Å². The second-order valence-corrected chi connectivity index (χ2v) is 5.01. The molecule has 1 aromatic rings. The molecule has 1 aliphatic rings. The van der Waals surface area contributed by atoms with Gasteiger partial charge in [-0.1, -0.05) is 0 Å². The molecule has 1 amide bonds. The largest absolute Gasteiger partial charge is 0.491 e. The number of carbonyl (C=O) groups is 1. The molecule has 1 aliphatic heterocycles. The Morgan fingerprint density at radius 2 is 2.15 bits per heavy atom. The number of anilines is 1. The molecule has 110 valence electrons. The van der Waals surface area contributed by atoms with E-state index in [2.05, 4.69) is 10.2 Å². The van der Waals surface area contributed by atoms with Crippen molar-refractivity contribution in [1.29, 1.82) is 0 Å². The lowest BCUT2D eigenvalue weighted by Crippen LogP contribution is -2.26. The number of nitrogens with one attached hydrogen (secondary N) is 1. The molecule has 0 spiro atoms. The van der Waals surface area contributed by atoms with Crippen LogP contribution in [0.15, 0.2) is 18.2 Å². The van der Waals surface area contributed by atoms with Crippen LogP contribution in [-0.4, -0.2) is 43.6 Å². The number of hydrogen-bond acceptors (Lipinski definition) is 4. The van der Waals surface area contributed by atoms with Crippen LogP contribution in [0.4, 0.5) is 5.69 Å². The summed E-state index contributed by atoms with van der Waals surface area (Å²) >= 11 is 0. The molecule has 1 fully saturated rings. The number of ether oxygens (including phenoxy) is 1. The zero-order chi connectivity index (χ0) is 14.4. The predicted molar refractivity (Wildman–Crippen MR) is 80.0 cm³/mol. The Balaban J connectivity index is 1.97. The highest BCUT2D eigenvalue weighted by molar-refractivity contribution is 5.97. The molecule has 5 nitrogen and oxygen atoms in total. The van der Waals surface area contributed by atoms with Crippen LogP contribution >= 0.6 is 0 Å². The summed E-state index contributed by atoms with van der Waals surface area (Å²) in [7, 11) is 0. The Kier molecular flexibility index (Phi) is 5.24. The van der Waals surface area contributed by atoms with Gasteiger partial charge in [0.1, 0.15) is 12.4 Å². The van der Waals surface area contributed by atoms with E-state index in [9.17, 15) is 4.79 Å². The fourth-order valence-corrected chi connectivity index (χ4v) is 2.39. The molecule has 0 bridgehead atoms. The summed E-state index contributed by atoms with van der Waals surface area (Å²) < 4.78 is 5.76. The van der Waals surface area contributed by atoms with E-state index < -0.39 is 0 Å². The summed E-state index contributed by atoms with van der Waals surface area (Å²) in [6.45, 7) is 6.24. The molecule has 1 aromatic carbocycles. The molecule has 0 aliphatic carbocycles. The molecular formula is C15H23N3O2. The van der Waals surface area contributed by atoms with Gasteiger partial charge in [0, 0.05) is 24.8 Å². The number of amides is 1. The van der Waals surface area contributed by atoms with Gasteiger partial charge in [-0.3, -0.25) is 9.69 Å². The molecule has 0 atom stereocenters. The van der Waals surface area contributed by atoms with Gasteiger partial charge < -0.3 is 15.8 Å². The third-order valence-electron chi connectivity index (χ3n) is 3.45. The number of nitrogens with zero attached hydrogens (tertiary/aromatic N) is 1. The summed E-state index contributed by atoms with van der Waals surface area (Å²) in [6.07, 6.45) is 2.53. The molecule has 0 radical (unpaired) electrons. The van der Waals surface area contributed by atoms with Gasteiger partial charge in [0.2, 0.25) is 0 Å². The van der Waals surface area contributed by atoms with Gasteiger partial charge in [-0.2, -0.15) is 0 Å². The second kappa shape index (κ2) is 7.14. The average molecular weight is 277 g/mol. The van der Waals surface area contributed by atoms with E-state index in [1.807, 2.05) is 6.92 Å². The first-order chi connectivity index (χ1) is 9.70. The minimum Gasteiger partial charge on any atom is -0.491 e. The van der Waals surface area contributed by atoms with E-state index >= 15 is 0 Å². The Morgan fingerprint density at radius 3 is 2.85 bits per heavy atom. The summed E-state index contributed by atoms with van der Waals surface area (Å²) in [4.78, 5) is 14.3. The number of nitrogens with two attached hydrogens (primary N) is 1. The maximum absolute atomic E-state index is 12.0. The number of rotatable bonds is 6. The molecule has 2 rings (SSSR count). The van der Waals surface area contributed by atoms with Gasteiger partial charge in [0.05, 0.1) is 5.56 Å². The van der Waals surface area contributed by atoms with Gasteiger partial charge in [0.15, 0.2) is 0 Å². The smallest absolute Gasteiger partial charge is 0.255 e. The summed E-state index contributed by atoms with van der Waals surface area (Å²) in [5.41, 5.74) is 6.92. The number of carbonyl (C=O) groups excluding carboxylic acids is 1. The lowest BCUT2D eigenvalue weighted by atomic mass is 10.1. The maximum atomic E-state index is 12.0. The topological polar surface area (TPSA) is 67.6 Å². The maximum Gasteiger partial charge on any atom is 0.255 e. The summed E-state index contributed by atoms with van der Waals surface area (Å²) in [6, 6.07) is 5.15. The van der Waals surface area contributed by atoms with Crippen LogP contribution in [0.5, 0.6) is 5.75 Å². The van der Waals surface area contributed by atoms with Crippen molar-refractivity contribution in [2.45, 2.75) is 19.8 Å². The second-order valence-electron chi connectivity index (χ2n) is 5.01. The fraction of sp³-hybridized carbons (Fsp3) is 0.533. The van der Waals surface area contributed by atoms with E-state index in [4.69, 9.17) is 10.5 Å². The highest BCUT2D eigenvalue weighted by Crippen LogP contribution is 2.22. The quantitative estimate of drug-likeness (QED) is 0.773. The van der Waals surface area contributed by atoms with Gasteiger partial charge >= 0.3 is 0 Å². The van der Waals surface area contributed by atoms with Crippen molar-refractivity contribution < 1.29 is 9.53 Å². The Labute approximate surface area is 120 Å². The normalized spacial score (nSPS) is 15.2. The molecule has 1 heterocycles. The average Bonchev–Trinajstić information content (AvgIpc) is 2.92. The Bertz CT molecular complexity index is 456. The molecule has 5 heteroatoms. The monoisotopic (exact) mass is 277 g/mol. The first kappa shape index (κ1) is 14.7. The number of benzene rings is 1. The van der Waals surface area contributed by atoms with Crippen LogP contribution < -0.4 is 15.8 Å². The van der Waals surface area contributed by atoms with E-state index in [-0.39, 0.29) is 5.91 Å². The first-order valence-electron chi connectivity index (χ1n) is 7.23. The Hall–Kier alpha value is -1.75. The van der Waals surface area contributed by atoms with E-state index in [0.717, 1.165) is 19.6 Å². The number of hydrogen-bond donors (Lipinski definition) is 2. The fourth-order valence-electron chi connectivity index (χ4n) is 2.39. The first-order valence-corrected chi connectivity index (χ1v) is 7.23. The lowest BCUT2D eigenvalue weighted by Gasteiger charge is -2.16. The number of likely N-dealkylation sites (tertiary alicyclic amines) is 1. The zero-order valence-corrected chi connectivity index (χ0v) is 12.0. The third-order valence-corrected chi connectivity index (χ3v) is 3.45. The predicted octanol–water partition coefficient (Wildman–Crippen LogP) is 1.49. The highest BCUT2D eigenvalue weighted by atomic mass is 16.5. The van der Waals surface area contributed by atoms with Crippen molar-refractivity contribution in [2.24, 2.45) is 0 Å². The molecule has 3 N–H and O–H groups in total. The third kappa shape index (κ3) is 3.87. The minimum absolute atomic E-state index is 0.122. The minimum atomic E-state index is -0.122. The number of nitrogen functional groups attached to an aromatic ring is 1. The zero-order valence-electron chi connectivity index (χ0n) is 12.0. The van der Waals surface area contributed by atoms with Gasteiger partial charge in [-0.15, -0.1) is 0 Å². The van der Waals surface area contributed by atoms with Gasteiger partial charge in [0.25, 0.3) is 5.91 Å². The standard InChI is InChI=1S/C15H23N3O2/c1-2-17-15(19)13-6-5-12(16)11-14(13)20-10-9-18-7-3-4-8-18/h5-6,11H,2-4,7-10,16H2,1H3,(H,17,19). The van der Waals surface area contributed by atoms with Crippen LogP contribution in [0.1, 0.15) is 30.1 Å². The molecule has 0 saturated carbocycles. The van der Waals surface area contributed by atoms with Crippen LogP contribution in [0.25, 0.3) is 0 Å². The van der Waals surface area contributed by atoms with Crippen LogP contribution in [0.3, 0.4) is 0 Å². The van der Waals surface area contributed by atoms with E-state index in [0.29, 0.717) is 30.2 Å². The summed E-state index contributed by atoms with van der Waals surface area (Å²) in [5.74, 6) is 0.443. The Morgan fingerprint density at radius 1 is 1.40 bits per heavy atom. The molecular weight excluding hydrogens is 254 g/mol. The van der Waals surface area contributed by atoms with Crippen molar-refractivity contribution in [3.8, 4) is 5.75 Å². The van der Waals surface area contributed by atoms with Crippen LogP contribution in [-0.2, 0) is 0 Å². The van der Waals surface area contributed by atoms with Crippen molar-refractivity contribution in [3.63, 3.8) is 0 Å². The summed E-state index contributed by atoms with van der Waals surface area (Å²) in [5, 5.41) is 2.78. The van der Waals surface area contributed by atoms with Crippen molar-refractivity contribution >= 4 is 11.6 Å². The molecule has 0 aromatic heterocycles. The van der Waals surface area contributed by atoms with Crippen molar-refractivity contribution in [3.05, 3.63) is 23.8 Å². The highest BCUT2D eigenvalue weighted by Gasteiger charge is 2.14. The molecule has 0 unspecified atom stereocenters.